The maximum atomic E-state index is 12.4. The van der Waals surface area contributed by atoms with E-state index < -0.39 is 10.0 Å². The van der Waals surface area contributed by atoms with Gasteiger partial charge in [0.25, 0.3) is 0 Å². The summed E-state index contributed by atoms with van der Waals surface area (Å²) in [6, 6.07) is 1.57. The minimum atomic E-state index is -3.47. The van der Waals surface area contributed by atoms with Crippen molar-refractivity contribution in [1.82, 2.24) is 15.0 Å². The Labute approximate surface area is 126 Å². The van der Waals surface area contributed by atoms with E-state index in [2.05, 4.69) is 21.9 Å². The average molecular weight is 315 g/mol. The van der Waals surface area contributed by atoms with E-state index in [0.717, 1.165) is 25.1 Å². The van der Waals surface area contributed by atoms with E-state index in [1.54, 1.807) is 12.3 Å². The van der Waals surface area contributed by atoms with Crippen molar-refractivity contribution in [2.75, 3.05) is 19.8 Å². The van der Waals surface area contributed by atoms with Crippen LogP contribution in [-0.2, 0) is 21.3 Å². The minimum Gasteiger partial charge on any atom is -0.381 e. The monoisotopic (exact) mass is 315 g/mol. The van der Waals surface area contributed by atoms with Crippen LogP contribution < -0.4 is 10.0 Å². The van der Waals surface area contributed by atoms with Gasteiger partial charge in [0.05, 0.1) is 11.5 Å². The quantitative estimate of drug-likeness (QED) is 0.630. The average Bonchev–Trinajstić information content (AvgIpc) is 3.10. The van der Waals surface area contributed by atoms with Crippen molar-refractivity contribution in [3.8, 4) is 0 Å². The number of ether oxygens (including phenoxy) is 1. The van der Waals surface area contributed by atoms with Crippen LogP contribution in [0.4, 0.5) is 0 Å². The van der Waals surface area contributed by atoms with E-state index in [1.807, 2.05) is 6.92 Å². The first-order valence-electron chi connectivity index (χ1n) is 7.51. The Morgan fingerprint density at radius 2 is 2.33 bits per heavy atom. The van der Waals surface area contributed by atoms with Gasteiger partial charge in [-0.25, -0.2) is 13.1 Å². The van der Waals surface area contributed by atoms with E-state index in [4.69, 9.17) is 4.74 Å². The number of nitrogens with one attached hydrogen (secondary N) is 3. The molecule has 2 rings (SSSR count). The molecule has 2 atom stereocenters. The van der Waals surface area contributed by atoms with Crippen LogP contribution in [0.3, 0.4) is 0 Å². The van der Waals surface area contributed by atoms with Crippen molar-refractivity contribution < 1.29 is 13.2 Å². The third-order valence-electron chi connectivity index (χ3n) is 3.78. The molecule has 1 aliphatic heterocycles. The lowest BCUT2D eigenvalue weighted by atomic mass is 10.0. The Bertz CT molecular complexity index is 535. The van der Waals surface area contributed by atoms with E-state index in [9.17, 15) is 8.42 Å². The smallest absolute Gasteiger partial charge is 0.242 e. The van der Waals surface area contributed by atoms with E-state index >= 15 is 0 Å². The number of hydrogen-bond acceptors (Lipinski definition) is 4. The molecule has 1 fully saturated rings. The van der Waals surface area contributed by atoms with Gasteiger partial charge in [0.1, 0.15) is 0 Å². The maximum Gasteiger partial charge on any atom is 0.242 e. The summed E-state index contributed by atoms with van der Waals surface area (Å²) >= 11 is 0. The van der Waals surface area contributed by atoms with Crippen molar-refractivity contribution in [3.05, 3.63) is 18.0 Å². The summed E-state index contributed by atoms with van der Waals surface area (Å²) in [7, 11) is -3.47. The molecule has 0 aliphatic carbocycles. The molecular formula is C14H25N3O3S. The minimum absolute atomic E-state index is 0.117. The fourth-order valence-corrected chi connectivity index (χ4v) is 3.76. The predicted octanol–water partition coefficient (Wildman–Crippen LogP) is 1.22. The van der Waals surface area contributed by atoms with Gasteiger partial charge in [-0.3, -0.25) is 0 Å². The number of sulfonamides is 1. The molecule has 0 radical (unpaired) electrons. The lowest BCUT2D eigenvalue weighted by Crippen LogP contribution is -2.38. The second kappa shape index (κ2) is 7.40. The molecule has 1 saturated heterocycles. The zero-order valence-electron chi connectivity index (χ0n) is 12.7. The number of rotatable bonds is 8. The van der Waals surface area contributed by atoms with Gasteiger partial charge in [-0.05, 0) is 32.4 Å². The first-order chi connectivity index (χ1) is 10.0. The third-order valence-corrected chi connectivity index (χ3v) is 5.32. The first-order valence-corrected chi connectivity index (χ1v) is 8.99. The van der Waals surface area contributed by atoms with Crippen molar-refractivity contribution >= 4 is 10.0 Å². The molecule has 0 bridgehead atoms. The number of hydrogen-bond donors (Lipinski definition) is 3. The van der Waals surface area contributed by atoms with Gasteiger partial charge >= 0.3 is 0 Å². The summed E-state index contributed by atoms with van der Waals surface area (Å²) in [6.07, 6.45) is 3.50. The Morgan fingerprint density at radius 3 is 3.00 bits per heavy atom. The van der Waals surface area contributed by atoms with Gasteiger partial charge in [-0.15, -0.1) is 0 Å². The van der Waals surface area contributed by atoms with Crippen molar-refractivity contribution in [2.45, 2.75) is 44.2 Å². The van der Waals surface area contributed by atoms with Crippen LogP contribution in [0.5, 0.6) is 0 Å². The lowest BCUT2D eigenvalue weighted by Gasteiger charge is -2.18. The molecule has 120 valence electrons. The standard InChI is InChI=1S/C14H25N3O3S/c1-3-5-15-8-13-7-14(9-16-13)21(18,19)17-11(2)12-4-6-20-10-12/h7,9,11-12,15-17H,3-6,8,10H2,1-2H3. The van der Waals surface area contributed by atoms with Crippen LogP contribution in [0, 0.1) is 5.92 Å². The molecule has 0 saturated carbocycles. The van der Waals surface area contributed by atoms with Crippen LogP contribution in [-0.4, -0.2) is 39.2 Å². The summed E-state index contributed by atoms with van der Waals surface area (Å²) in [5.41, 5.74) is 0.876. The summed E-state index contributed by atoms with van der Waals surface area (Å²) in [4.78, 5) is 3.30. The second-order valence-electron chi connectivity index (χ2n) is 5.57. The highest BCUT2D eigenvalue weighted by Crippen LogP contribution is 2.19. The molecule has 21 heavy (non-hydrogen) atoms. The van der Waals surface area contributed by atoms with Crippen molar-refractivity contribution in [3.63, 3.8) is 0 Å². The highest BCUT2D eigenvalue weighted by molar-refractivity contribution is 7.89. The normalized spacial score (nSPS) is 20.8. The first kappa shape index (κ1) is 16.5. The number of aromatic amines is 1. The SMILES string of the molecule is CCCNCc1cc(S(=O)(=O)NC(C)C2CCOC2)c[nH]1. The van der Waals surface area contributed by atoms with E-state index in [1.165, 1.54) is 0 Å². The van der Waals surface area contributed by atoms with E-state index in [0.29, 0.717) is 24.7 Å². The summed E-state index contributed by atoms with van der Waals surface area (Å²) < 4.78 is 32.8. The molecule has 0 aromatic carbocycles. The summed E-state index contributed by atoms with van der Waals surface area (Å²) in [5, 5.41) is 3.24. The Kier molecular flexibility index (Phi) is 5.80. The van der Waals surface area contributed by atoms with Gasteiger partial charge < -0.3 is 15.0 Å². The van der Waals surface area contributed by atoms with Crippen molar-refractivity contribution in [2.24, 2.45) is 5.92 Å². The molecule has 1 aliphatic rings. The fraction of sp³-hybridized carbons (Fsp3) is 0.714. The maximum absolute atomic E-state index is 12.4. The number of aromatic nitrogens is 1. The zero-order chi connectivity index (χ0) is 15.3. The summed E-state index contributed by atoms with van der Waals surface area (Å²) in [5.74, 6) is 0.254. The molecule has 6 nitrogen and oxygen atoms in total. The molecule has 7 heteroatoms. The van der Waals surface area contributed by atoms with E-state index in [-0.39, 0.29) is 12.0 Å². The highest BCUT2D eigenvalue weighted by Gasteiger charge is 2.27. The van der Waals surface area contributed by atoms with Gasteiger partial charge in [0, 0.05) is 37.0 Å². The molecule has 2 heterocycles. The molecule has 3 N–H and O–H groups in total. The molecule has 1 aromatic rings. The summed E-state index contributed by atoms with van der Waals surface area (Å²) in [6.45, 7) is 6.90. The van der Waals surface area contributed by atoms with Crippen LogP contribution in [0.15, 0.2) is 17.2 Å². The molecule has 2 unspecified atom stereocenters. The zero-order valence-corrected chi connectivity index (χ0v) is 13.5. The molecule has 1 aromatic heterocycles. The molecule has 0 amide bonds. The van der Waals surface area contributed by atoms with Crippen LogP contribution in [0.1, 0.15) is 32.4 Å². The largest absolute Gasteiger partial charge is 0.381 e. The highest BCUT2D eigenvalue weighted by atomic mass is 32.2. The van der Waals surface area contributed by atoms with Gasteiger partial charge in [-0.2, -0.15) is 0 Å². The second-order valence-corrected chi connectivity index (χ2v) is 7.29. The van der Waals surface area contributed by atoms with Crippen LogP contribution >= 0.6 is 0 Å². The lowest BCUT2D eigenvalue weighted by molar-refractivity contribution is 0.180. The molecular weight excluding hydrogens is 290 g/mol. The number of H-pyrrole nitrogens is 1. The molecule has 0 spiro atoms. The Balaban J connectivity index is 1.95. The van der Waals surface area contributed by atoms with Crippen LogP contribution in [0.2, 0.25) is 0 Å². The topological polar surface area (TPSA) is 83.2 Å². The fourth-order valence-electron chi connectivity index (χ4n) is 2.43. The predicted molar refractivity (Wildman–Crippen MR) is 81.5 cm³/mol. The van der Waals surface area contributed by atoms with Crippen molar-refractivity contribution in [1.29, 1.82) is 0 Å². The van der Waals surface area contributed by atoms with Gasteiger partial charge in [-0.1, -0.05) is 6.92 Å². The van der Waals surface area contributed by atoms with Gasteiger partial charge in [0.15, 0.2) is 0 Å². The Morgan fingerprint density at radius 1 is 1.52 bits per heavy atom. The third kappa shape index (κ3) is 4.54. The van der Waals surface area contributed by atoms with Gasteiger partial charge in [0.2, 0.25) is 10.0 Å². The Hall–Kier alpha value is -0.890. The van der Waals surface area contributed by atoms with Crippen LogP contribution in [0.25, 0.3) is 0 Å².